The SMILES string of the molecule is O=C(Nc1ccc2ccccc2n1)Nc1cccc2cc[nH]c12. The molecule has 0 saturated carbocycles. The third-order valence-corrected chi connectivity index (χ3v) is 3.68. The quantitative estimate of drug-likeness (QED) is 0.515. The predicted octanol–water partition coefficient (Wildman–Crippen LogP) is 4.36. The number of hydrogen-bond acceptors (Lipinski definition) is 2. The lowest BCUT2D eigenvalue weighted by atomic mass is 10.2. The Kier molecular flexibility index (Phi) is 3.16. The van der Waals surface area contributed by atoms with Gasteiger partial charge in [0, 0.05) is 17.0 Å². The molecular weight excluding hydrogens is 288 g/mol. The fourth-order valence-corrected chi connectivity index (χ4v) is 2.59. The van der Waals surface area contributed by atoms with Crippen molar-refractivity contribution in [3.05, 3.63) is 66.9 Å². The molecule has 4 aromatic rings. The van der Waals surface area contributed by atoms with Gasteiger partial charge in [-0.3, -0.25) is 5.32 Å². The number of anilines is 2. The summed E-state index contributed by atoms with van der Waals surface area (Å²) in [6.07, 6.45) is 1.85. The lowest BCUT2D eigenvalue weighted by Gasteiger charge is -2.08. The van der Waals surface area contributed by atoms with E-state index in [9.17, 15) is 4.79 Å². The van der Waals surface area contributed by atoms with Gasteiger partial charge in [-0.05, 0) is 30.3 Å². The van der Waals surface area contributed by atoms with Gasteiger partial charge in [0.05, 0.1) is 16.7 Å². The number of carbonyl (C=O) groups is 1. The molecule has 0 radical (unpaired) electrons. The van der Waals surface area contributed by atoms with Gasteiger partial charge >= 0.3 is 6.03 Å². The zero-order valence-corrected chi connectivity index (χ0v) is 12.2. The number of rotatable bonds is 2. The molecule has 0 saturated heterocycles. The van der Waals surface area contributed by atoms with E-state index in [1.54, 1.807) is 6.07 Å². The summed E-state index contributed by atoms with van der Waals surface area (Å²) in [6.45, 7) is 0. The molecule has 0 fully saturated rings. The molecule has 2 amide bonds. The van der Waals surface area contributed by atoms with Crippen LogP contribution in [0.3, 0.4) is 0 Å². The minimum Gasteiger partial charge on any atom is -0.359 e. The maximum Gasteiger partial charge on any atom is 0.324 e. The molecule has 4 rings (SSSR count). The number of nitrogens with one attached hydrogen (secondary N) is 3. The average Bonchev–Trinajstić information content (AvgIpc) is 3.04. The number of H-pyrrole nitrogens is 1. The molecule has 0 aliphatic carbocycles. The smallest absolute Gasteiger partial charge is 0.324 e. The lowest BCUT2D eigenvalue weighted by Crippen LogP contribution is -2.20. The van der Waals surface area contributed by atoms with Gasteiger partial charge in [-0.2, -0.15) is 0 Å². The van der Waals surface area contributed by atoms with E-state index in [1.807, 2.05) is 60.8 Å². The van der Waals surface area contributed by atoms with E-state index in [1.165, 1.54) is 0 Å². The fraction of sp³-hybridized carbons (Fsp3) is 0. The van der Waals surface area contributed by atoms with Crippen molar-refractivity contribution in [2.45, 2.75) is 0 Å². The van der Waals surface area contributed by atoms with E-state index in [2.05, 4.69) is 20.6 Å². The van der Waals surface area contributed by atoms with E-state index in [4.69, 9.17) is 0 Å². The van der Waals surface area contributed by atoms with Gasteiger partial charge in [-0.1, -0.05) is 30.3 Å². The van der Waals surface area contributed by atoms with Gasteiger partial charge in [0.2, 0.25) is 0 Å². The van der Waals surface area contributed by atoms with Crippen LogP contribution in [-0.4, -0.2) is 16.0 Å². The molecular formula is C18H14N4O. The summed E-state index contributed by atoms with van der Waals surface area (Å²) < 4.78 is 0. The number of carbonyl (C=O) groups excluding carboxylic acids is 1. The summed E-state index contributed by atoms with van der Waals surface area (Å²) in [5.41, 5.74) is 2.47. The van der Waals surface area contributed by atoms with Crippen LogP contribution in [0.5, 0.6) is 0 Å². The number of urea groups is 1. The minimum absolute atomic E-state index is 0.324. The maximum atomic E-state index is 12.2. The van der Waals surface area contributed by atoms with Crippen LogP contribution in [0.4, 0.5) is 16.3 Å². The van der Waals surface area contributed by atoms with E-state index in [-0.39, 0.29) is 6.03 Å². The van der Waals surface area contributed by atoms with Crippen LogP contribution in [0, 0.1) is 0 Å². The van der Waals surface area contributed by atoms with E-state index in [0.717, 1.165) is 27.5 Å². The van der Waals surface area contributed by atoms with Crippen LogP contribution in [0.15, 0.2) is 66.9 Å². The molecule has 2 aromatic carbocycles. The van der Waals surface area contributed by atoms with E-state index < -0.39 is 0 Å². The van der Waals surface area contributed by atoms with Gasteiger partial charge in [-0.25, -0.2) is 9.78 Å². The fourth-order valence-electron chi connectivity index (χ4n) is 2.59. The normalized spacial score (nSPS) is 10.8. The second kappa shape index (κ2) is 5.46. The van der Waals surface area contributed by atoms with Gasteiger partial charge < -0.3 is 10.3 Å². The Morgan fingerprint density at radius 2 is 1.74 bits per heavy atom. The van der Waals surface area contributed by atoms with Crippen LogP contribution in [0.25, 0.3) is 21.8 Å². The Hall–Kier alpha value is -3.34. The third kappa shape index (κ3) is 2.60. The average molecular weight is 302 g/mol. The summed E-state index contributed by atoms with van der Waals surface area (Å²) in [6, 6.07) is 18.9. The third-order valence-electron chi connectivity index (χ3n) is 3.68. The molecule has 5 heteroatoms. The second-order valence-corrected chi connectivity index (χ2v) is 5.22. The Bertz CT molecular complexity index is 1010. The molecule has 3 N–H and O–H groups in total. The van der Waals surface area contributed by atoms with Gasteiger partial charge in [-0.15, -0.1) is 0 Å². The monoisotopic (exact) mass is 302 g/mol. The molecule has 5 nitrogen and oxygen atoms in total. The van der Waals surface area contributed by atoms with Crippen LogP contribution < -0.4 is 10.6 Å². The summed E-state index contributed by atoms with van der Waals surface area (Å²) in [7, 11) is 0. The van der Waals surface area contributed by atoms with Crippen molar-refractivity contribution >= 4 is 39.3 Å². The van der Waals surface area contributed by atoms with Crippen molar-refractivity contribution in [2.75, 3.05) is 10.6 Å². The van der Waals surface area contributed by atoms with Crippen molar-refractivity contribution in [1.82, 2.24) is 9.97 Å². The Morgan fingerprint density at radius 1 is 0.870 bits per heavy atom. The topological polar surface area (TPSA) is 69.8 Å². The maximum absolute atomic E-state index is 12.2. The molecule has 23 heavy (non-hydrogen) atoms. The van der Waals surface area contributed by atoms with Gasteiger partial charge in [0.25, 0.3) is 0 Å². The van der Waals surface area contributed by atoms with Crippen molar-refractivity contribution in [1.29, 1.82) is 0 Å². The molecule has 0 unspecified atom stereocenters. The zero-order chi connectivity index (χ0) is 15.6. The van der Waals surface area contributed by atoms with E-state index in [0.29, 0.717) is 5.82 Å². The highest BCUT2D eigenvalue weighted by molar-refractivity contribution is 6.05. The Balaban J connectivity index is 1.56. The summed E-state index contributed by atoms with van der Waals surface area (Å²) >= 11 is 0. The number of pyridine rings is 1. The van der Waals surface area contributed by atoms with Crippen molar-refractivity contribution in [2.24, 2.45) is 0 Å². The Labute approximate surface area is 132 Å². The highest BCUT2D eigenvalue weighted by atomic mass is 16.2. The van der Waals surface area contributed by atoms with Crippen molar-refractivity contribution in [3.8, 4) is 0 Å². The molecule has 0 spiro atoms. The van der Waals surface area contributed by atoms with Crippen LogP contribution in [0.2, 0.25) is 0 Å². The highest BCUT2D eigenvalue weighted by Crippen LogP contribution is 2.22. The van der Waals surface area contributed by atoms with Crippen LogP contribution in [-0.2, 0) is 0 Å². The van der Waals surface area contributed by atoms with Crippen molar-refractivity contribution in [3.63, 3.8) is 0 Å². The Morgan fingerprint density at radius 3 is 2.70 bits per heavy atom. The largest absolute Gasteiger partial charge is 0.359 e. The van der Waals surface area contributed by atoms with Crippen LogP contribution >= 0.6 is 0 Å². The zero-order valence-electron chi connectivity index (χ0n) is 12.2. The first-order valence-corrected chi connectivity index (χ1v) is 7.29. The highest BCUT2D eigenvalue weighted by Gasteiger charge is 2.07. The first kappa shape index (κ1) is 13.3. The van der Waals surface area contributed by atoms with Gasteiger partial charge in [0.15, 0.2) is 0 Å². The van der Waals surface area contributed by atoms with Gasteiger partial charge in [0.1, 0.15) is 5.82 Å². The molecule has 0 aliphatic heterocycles. The second-order valence-electron chi connectivity index (χ2n) is 5.22. The number of amides is 2. The molecule has 2 heterocycles. The summed E-state index contributed by atoms with van der Waals surface area (Å²) in [5.74, 6) is 0.514. The molecule has 0 atom stereocenters. The lowest BCUT2D eigenvalue weighted by molar-refractivity contribution is 0.262. The molecule has 0 aliphatic rings. The summed E-state index contributed by atoms with van der Waals surface area (Å²) in [4.78, 5) is 19.8. The number of benzene rings is 2. The number of aromatic amines is 1. The standard InChI is InChI=1S/C18H14N4O/c23-18(21-15-7-3-5-13-10-11-19-17(13)15)22-16-9-8-12-4-1-2-6-14(12)20-16/h1-11,19H,(H2,20,21,22,23). The number of hydrogen-bond donors (Lipinski definition) is 3. The predicted molar refractivity (Wildman–Crippen MR) is 92.7 cm³/mol. The first-order chi connectivity index (χ1) is 11.3. The minimum atomic E-state index is -0.324. The summed E-state index contributed by atoms with van der Waals surface area (Å²) in [5, 5.41) is 7.70. The molecule has 0 bridgehead atoms. The molecule has 2 aromatic heterocycles. The number of aromatic nitrogens is 2. The first-order valence-electron chi connectivity index (χ1n) is 7.29. The number of fused-ring (bicyclic) bond motifs is 2. The molecule has 112 valence electrons. The number of nitrogens with zero attached hydrogens (tertiary/aromatic N) is 1. The van der Waals surface area contributed by atoms with Crippen LogP contribution in [0.1, 0.15) is 0 Å². The number of para-hydroxylation sites is 2. The van der Waals surface area contributed by atoms with Crippen molar-refractivity contribution < 1.29 is 4.79 Å². The van der Waals surface area contributed by atoms with E-state index >= 15 is 0 Å².